The van der Waals surface area contributed by atoms with E-state index in [2.05, 4.69) is 16.6 Å². The highest BCUT2D eigenvalue weighted by molar-refractivity contribution is 7.89. The summed E-state index contributed by atoms with van der Waals surface area (Å²) in [6.07, 6.45) is 0.553. The molecule has 0 unspecified atom stereocenters. The van der Waals surface area contributed by atoms with Gasteiger partial charge in [-0.15, -0.1) is 6.58 Å². The number of hydrogen-bond acceptors (Lipinski definition) is 6. The smallest absolute Gasteiger partial charge is 0.269 e. The highest BCUT2D eigenvalue weighted by atomic mass is 32.2. The lowest BCUT2D eigenvalue weighted by Crippen LogP contribution is -2.30. The maximum Gasteiger partial charge on any atom is 0.269 e. The molecule has 0 fully saturated rings. The van der Waals surface area contributed by atoms with E-state index in [0.29, 0.717) is 11.4 Å². The van der Waals surface area contributed by atoms with Gasteiger partial charge in [0.15, 0.2) is 6.10 Å². The minimum atomic E-state index is -3.64. The maximum absolute atomic E-state index is 12.2. The Morgan fingerprint density at radius 3 is 2.36 bits per heavy atom. The number of rotatable bonds is 9. The fourth-order valence-electron chi connectivity index (χ4n) is 2.12. The maximum atomic E-state index is 12.2. The van der Waals surface area contributed by atoms with Gasteiger partial charge in [-0.3, -0.25) is 14.9 Å². The van der Waals surface area contributed by atoms with E-state index in [9.17, 15) is 23.3 Å². The first-order valence-corrected chi connectivity index (χ1v) is 9.64. The molecule has 2 aromatic rings. The number of sulfonamides is 1. The van der Waals surface area contributed by atoms with Crippen LogP contribution in [0.5, 0.6) is 5.75 Å². The molecule has 0 aliphatic heterocycles. The molecule has 0 bridgehead atoms. The predicted molar refractivity (Wildman–Crippen MR) is 104 cm³/mol. The molecule has 2 rings (SSSR count). The van der Waals surface area contributed by atoms with Gasteiger partial charge in [-0.25, -0.2) is 13.1 Å². The van der Waals surface area contributed by atoms with Crippen LogP contribution in [-0.2, 0) is 14.8 Å². The first kappa shape index (κ1) is 21.1. The van der Waals surface area contributed by atoms with Gasteiger partial charge in [0.25, 0.3) is 11.6 Å². The second-order valence-electron chi connectivity index (χ2n) is 5.67. The Labute approximate surface area is 162 Å². The molecule has 1 atom stereocenters. The Kier molecular flexibility index (Phi) is 6.85. The number of anilines is 1. The van der Waals surface area contributed by atoms with Crippen LogP contribution in [0.25, 0.3) is 0 Å². The molecule has 0 aliphatic rings. The molecule has 2 aromatic carbocycles. The van der Waals surface area contributed by atoms with Crippen LogP contribution in [-0.4, -0.2) is 31.9 Å². The Balaban J connectivity index is 1.98. The topological polar surface area (TPSA) is 128 Å². The second-order valence-corrected chi connectivity index (χ2v) is 7.43. The van der Waals surface area contributed by atoms with Crippen molar-refractivity contribution in [3.63, 3.8) is 0 Å². The Morgan fingerprint density at radius 1 is 1.21 bits per heavy atom. The van der Waals surface area contributed by atoms with Crippen molar-refractivity contribution in [3.8, 4) is 5.75 Å². The van der Waals surface area contributed by atoms with Crippen LogP contribution < -0.4 is 14.8 Å². The van der Waals surface area contributed by atoms with E-state index < -0.39 is 27.0 Å². The molecule has 0 radical (unpaired) electrons. The minimum Gasteiger partial charge on any atom is -0.481 e. The number of nitrogens with zero attached hydrogens (tertiary/aromatic N) is 1. The highest BCUT2D eigenvalue weighted by Gasteiger charge is 2.17. The number of hydrogen-bond donors (Lipinski definition) is 2. The van der Waals surface area contributed by atoms with E-state index >= 15 is 0 Å². The molecule has 9 nitrogen and oxygen atoms in total. The lowest BCUT2D eigenvalue weighted by Gasteiger charge is -2.15. The van der Waals surface area contributed by atoms with Crippen LogP contribution in [0.4, 0.5) is 11.4 Å². The van der Waals surface area contributed by atoms with Crippen molar-refractivity contribution < 1.29 is 22.9 Å². The summed E-state index contributed by atoms with van der Waals surface area (Å²) in [7, 11) is -3.64. The van der Waals surface area contributed by atoms with Crippen LogP contribution in [0.1, 0.15) is 6.92 Å². The summed E-state index contributed by atoms with van der Waals surface area (Å²) in [4.78, 5) is 22.4. The molecule has 0 saturated heterocycles. The fraction of sp³-hybridized carbons (Fsp3) is 0.167. The molecule has 0 heterocycles. The monoisotopic (exact) mass is 405 g/mol. The molecular weight excluding hydrogens is 386 g/mol. The number of benzene rings is 2. The summed E-state index contributed by atoms with van der Waals surface area (Å²) in [5, 5.41) is 13.2. The van der Waals surface area contributed by atoms with Gasteiger partial charge < -0.3 is 10.1 Å². The van der Waals surface area contributed by atoms with Crippen LogP contribution in [0.15, 0.2) is 66.1 Å². The standard InChI is InChI=1S/C18H19N3O6S/c1-3-12-19-28(25,26)17-10-4-14(5-11-17)20-18(22)13(2)27-16-8-6-15(7-9-16)21(23)24/h3-11,13,19H,1,12H2,2H3,(H,20,22)/t13-/m0/s1. The lowest BCUT2D eigenvalue weighted by molar-refractivity contribution is -0.384. The van der Waals surface area contributed by atoms with Crippen molar-refractivity contribution >= 4 is 27.3 Å². The molecule has 10 heteroatoms. The van der Waals surface area contributed by atoms with Gasteiger partial charge in [0, 0.05) is 24.4 Å². The molecule has 0 spiro atoms. The van der Waals surface area contributed by atoms with Crippen LogP contribution in [0, 0.1) is 10.1 Å². The molecule has 0 aromatic heterocycles. The molecule has 0 aliphatic carbocycles. The molecule has 1 amide bonds. The zero-order chi connectivity index (χ0) is 20.7. The SMILES string of the molecule is C=CCNS(=O)(=O)c1ccc(NC(=O)[C@H](C)Oc2ccc([N+](=O)[O-])cc2)cc1. The van der Waals surface area contributed by atoms with Crippen LogP contribution in [0.2, 0.25) is 0 Å². The fourth-order valence-corrected chi connectivity index (χ4v) is 3.12. The summed E-state index contributed by atoms with van der Waals surface area (Å²) >= 11 is 0. The third kappa shape index (κ3) is 5.63. The van der Waals surface area contributed by atoms with Gasteiger partial charge >= 0.3 is 0 Å². The number of non-ortho nitro benzene ring substituents is 1. The van der Waals surface area contributed by atoms with Gasteiger partial charge in [-0.05, 0) is 43.3 Å². The van der Waals surface area contributed by atoms with Crippen molar-refractivity contribution in [2.75, 3.05) is 11.9 Å². The van der Waals surface area contributed by atoms with Gasteiger partial charge in [-0.2, -0.15) is 0 Å². The van der Waals surface area contributed by atoms with Crippen molar-refractivity contribution in [3.05, 3.63) is 71.3 Å². The summed E-state index contributed by atoms with van der Waals surface area (Å²) in [6, 6.07) is 11.0. The number of ether oxygens (including phenoxy) is 1. The van der Waals surface area contributed by atoms with Crippen molar-refractivity contribution in [1.82, 2.24) is 4.72 Å². The van der Waals surface area contributed by atoms with E-state index in [1.54, 1.807) is 0 Å². The summed E-state index contributed by atoms with van der Waals surface area (Å²) in [5.41, 5.74) is 0.314. The number of nitrogens with one attached hydrogen (secondary N) is 2. The first-order chi connectivity index (χ1) is 13.2. The quantitative estimate of drug-likeness (QED) is 0.375. The van der Waals surface area contributed by atoms with Crippen molar-refractivity contribution in [2.24, 2.45) is 0 Å². The van der Waals surface area contributed by atoms with Crippen molar-refractivity contribution in [2.45, 2.75) is 17.9 Å². The molecule has 148 valence electrons. The van der Waals surface area contributed by atoms with Gasteiger partial charge in [0.2, 0.25) is 10.0 Å². The zero-order valence-electron chi connectivity index (χ0n) is 15.0. The summed E-state index contributed by atoms with van der Waals surface area (Å²) in [6.45, 7) is 5.08. The van der Waals surface area contributed by atoms with E-state index in [4.69, 9.17) is 4.74 Å². The summed E-state index contributed by atoms with van der Waals surface area (Å²) < 4.78 is 31.8. The van der Waals surface area contributed by atoms with E-state index in [1.807, 2.05) is 0 Å². The number of carbonyl (C=O) groups excluding carboxylic acids is 1. The average molecular weight is 405 g/mol. The normalized spacial score (nSPS) is 12.0. The first-order valence-electron chi connectivity index (χ1n) is 8.15. The second kappa shape index (κ2) is 9.11. The number of amides is 1. The number of nitro groups is 1. The van der Waals surface area contributed by atoms with Crippen LogP contribution in [0.3, 0.4) is 0 Å². The number of nitro benzene ring substituents is 1. The Hall–Kier alpha value is -3.24. The molecule has 28 heavy (non-hydrogen) atoms. The number of carbonyl (C=O) groups is 1. The van der Waals surface area contributed by atoms with E-state index in [0.717, 1.165) is 0 Å². The third-order valence-corrected chi connectivity index (χ3v) is 5.02. The third-order valence-electron chi connectivity index (χ3n) is 3.58. The molecule has 0 saturated carbocycles. The van der Waals surface area contributed by atoms with Crippen LogP contribution >= 0.6 is 0 Å². The van der Waals surface area contributed by atoms with Gasteiger partial charge in [0.1, 0.15) is 5.75 Å². The average Bonchev–Trinajstić information content (AvgIpc) is 2.67. The van der Waals surface area contributed by atoms with Crippen molar-refractivity contribution in [1.29, 1.82) is 0 Å². The largest absolute Gasteiger partial charge is 0.481 e. The van der Waals surface area contributed by atoms with Gasteiger partial charge in [0.05, 0.1) is 9.82 Å². The van der Waals surface area contributed by atoms with Gasteiger partial charge in [-0.1, -0.05) is 6.08 Å². The molecular formula is C18H19N3O6S. The van der Waals surface area contributed by atoms with E-state index in [-0.39, 0.29) is 17.1 Å². The molecule has 2 N–H and O–H groups in total. The Morgan fingerprint density at radius 2 is 1.82 bits per heavy atom. The predicted octanol–water partition coefficient (Wildman–Crippen LogP) is 2.47. The highest BCUT2D eigenvalue weighted by Crippen LogP contribution is 2.19. The zero-order valence-corrected chi connectivity index (χ0v) is 15.8. The lowest BCUT2D eigenvalue weighted by atomic mass is 10.3. The minimum absolute atomic E-state index is 0.0579. The Bertz CT molecular complexity index is 956. The summed E-state index contributed by atoms with van der Waals surface area (Å²) in [5.74, 6) is -0.151. The van der Waals surface area contributed by atoms with E-state index in [1.165, 1.54) is 61.5 Å².